The normalized spacial score (nSPS) is 19.2. The number of imide groups is 1. The molecule has 0 bridgehead atoms. The Morgan fingerprint density at radius 1 is 1.15 bits per heavy atom. The number of nitrogens with one attached hydrogen (secondary N) is 2. The third kappa shape index (κ3) is 3.75. The first-order valence-electron chi connectivity index (χ1n) is 7.85. The Balaban J connectivity index is 1.75. The van der Waals surface area contributed by atoms with Gasteiger partial charge in [-0.3, -0.25) is 14.5 Å². The quantitative estimate of drug-likeness (QED) is 0.784. The Bertz CT molecular complexity index is 916. The molecule has 0 saturated carbocycles. The zero-order chi connectivity index (χ0) is 19.8. The lowest BCUT2D eigenvalue weighted by molar-refractivity contribution is -0.133. The first-order chi connectivity index (χ1) is 12.7. The fourth-order valence-corrected chi connectivity index (χ4v) is 2.92. The number of hydrogen-bond acceptors (Lipinski definition) is 3. The lowest BCUT2D eigenvalue weighted by Gasteiger charge is -2.22. The number of carbonyl (C=O) groups is 3. The zero-order valence-electron chi connectivity index (χ0n) is 14.1. The molecule has 140 valence electrons. The number of hydrogen-bond donors (Lipinski definition) is 2. The molecule has 4 amide bonds. The van der Waals surface area contributed by atoms with Crippen LogP contribution >= 0.6 is 11.6 Å². The van der Waals surface area contributed by atoms with Gasteiger partial charge in [0.25, 0.3) is 5.91 Å². The number of amides is 4. The molecule has 1 atom stereocenters. The van der Waals surface area contributed by atoms with Crippen molar-refractivity contribution in [2.75, 3.05) is 11.9 Å². The first-order valence-corrected chi connectivity index (χ1v) is 8.23. The topological polar surface area (TPSA) is 78.5 Å². The summed E-state index contributed by atoms with van der Waals surface area (Å²) in [5, 5.41) is 5.27. The van der Waals surface area contributed by atoms with Crippen LogP contribution in [0.5, 0.6) is 0 Å². The van der Waals surface area contributed by atoms with Crippen LogP contribution < -0.4 is 10.6 Å². The van der Waals surface area contributed by atoms with E-state index in [1.807, 2.05) is 0 Å². The molecule has 2 N–H and O–H groups in total. The summed E-state index contributed by atoms with van der Waals surface area (Å²) < 4.78 is 26.4. The fourth-order valence-electron chi connectivity index (χ4n) is 2.79. The molecule has 3 rings (SSSR count). The van der Waals surface area contributed by atoms with Crippen LogP contribution in [0.2, 0.25) is 5.02 Å². The minimum Gasteiger partial charge on any atom is -0.324 e. The summed E-state index contributed by atoms with van der Waals surface area (Å²) in [6, 6.07) is 8.10. The summed E-state index contributed by atoms with van der Waals surface area (Å²) in [7, 11) is 0. The van der Waals surface area contributed by atoms with Crippen LogP contribution in [-0.4, -0.2) is 29.3 Å². The van der Waals surface area contributed by atoms with Gasteiger partial charge >= 0.3 is 6.03 Å². The van der Waals surface area contributed by atoms with Crippen molar-refractivity contribution >= 4 is 35.1 Å². The van der Waals surface area contributed by atoms with Crippen LogP contribution in [0.25, 0.3) is 0 Å². The number of urea groups is 1. The van der Waals surface area contributed by atoms with Gasteiger partial charge in [-0.15, -0.1) is 0 Å². The van der Waals surface area contributed by atoms with Gasteiger partial charge in [0, 0.05) is 16.8 Å². The van der Waals surface area contributed by atoms with Crippen molar-refractivity contribution < 1.29 is 23.2 Å². The Morgan fingerprint density at radius 2 is 1.74 bits per heavy atom. The van der Waals surface area contributed by atoms with Gasteiger partial charge in [0.2, 0.25) is 5.91 Å². The number of rotatable bonds is 4. The number of anilines is 1. The van der Waals surface area contributed by atoms with Crippen LogP contribution in [0.1, 0.15) is 12.5 Å². The van der Waals surface area contributed by atoms with E-state index in [4.69, 9.17) is 11.6 Å². The second-order valence-corrected chi connectivity index (χ2v) is 6.60. The van der Waals surface area contributed by atoms with Crippen molar-refractivity contribution in [3.63, 3.8) is 0 Å². The van der Waals surface area contributed by atoms with Crippen molar-refractivity contribution in [3.05, 3.63) is 64.7 Å². The van der Waals surface area contributed by atoms with E-state index in [1.54, 1.807) is 24.3 Å². The van der Waals surface area contributed by atoms with E-state index in [9.17, 15) is 23.2 Å². The lowest BCUT2D eigenvalue weighted by atomic mass is 9.92. The van der Waals surface area contributed by atoms with Gasteiger partial charge in [-0.25, -0.2) is 13.6 Å². The molecule has 27 heavy (non-hydrogen) atoms. The van der Waals surface area contributed by atoms with Crippen LogP contribution in [0.4, 0.5) is 19.3 Å². The second-order valence-electron chi connectivity index (χ2n) is 6.16. The molecule has 1 aliphatic heterocycles. The first kappa shape index (κ1) is 18.8. The molecule has 1 fully saturated rings. The Labute approximate surface area is 158 Å². The van der Waals surface area contributed by atoms with Crippen molar-refractivity contribution in [2.45, 2.75) is 12.5 Å². The summed E-state index contributed by atoms with van der Waals surface area (Å²) in [6.45, 7) is 0.905. The highest BCUT2D eigenvalue weighted by Gasteiger charge is 2.49. The van der Waals surface area contributed by atoms with E-state index in [0.717, 1.165) is 17.0 Å². The van der Waals surface area contributed by atoms with E-state index in [2.05, 4.69) is 10.6 Å². The third-order valence-electron chi connectivity index (χ3n) is 4.14. The summed E-state index contributed by atoms with van der Waals surface area (Å²) in [6.07, 6.45) is 0. The maximum absolute atomic E-state index is 13.2. The van der Waals surface area contributed by atoms with Crippen LogP contribution in [-0.2, 0) is 15.1 Å². The fraction of sp³-hybridized carbons (Fsp3) is 0.167. The summed E-state index contributed by atoms with van der Waals surface area (Å²) in [5.41, 5.74) is -0.974. The zero-order valence-corrected chi connectivity index (χ0v) is 14.8. The van der Waals surface area contributed by atoms with E-state index in [0.29, 0.717) is 16.7 Å². The van der Waals surface area contributed by atoms with E-state index >= 15 is 0 Å². The molecular weight excluding hydrogens is 380 g/mol. The van der Waals surface area contributed by atoms with Crippen LogP contribution in [0.3, 0.4) is 0 Å². The van der Waals surface area contributed by atoms with Gasteiger partial charge < -0.3 is 10.6 Å². The molecule has 2 aromatic rings. The SMILES string of the molecule is CC1(c2ccc(Cl)cc2)NC(=O)N(CC(=O)Nc2cc(F)cc(F)c2)C1=O. The monoisotopic (exact) mass is 393 g/mol. The highest BCUT2D eigenvalue weighted by Crippen LogP contribution is 2.29. The maximum Gasteiger partial charge on any atom is 0.325 e. The van der Waals surface area contributed by atoms with Crippen LogP contribution in [0.15, 0.2) is 42.5 Å². The molecular formula is C18H14ClF2N3O3. The van der Waals surface area contributed by atoms with Gasteiger partial charge in [0.05, 0.1) is 0 Å². The molecule has 1 aliphatic rings. The second kappa shape index (κ2) is 6.96. The summed E-state index contributed by atoms with van der Waals surface area (Å²) in [5.74, 6) is -3.13. The summed E-state index contributed by atoms with van der Waals surface area (Å²) >= 11 is 5.84. The highest BCUT2D eigenvalue weighted by atomic mass is 35.5. The lowest BCUT2D eigenvalue weighted by Crippen LogP contribution is -2.42. The molecule has 0 radical (unpaired) electrons. The third-order valence-corrected chi connectivity index (χ3v) is 4.40. The average molecular weight is 394 g/mol. The number of halogens is 3. The summed E-state index contributed by atoms with van der Waals surface area (Å²) in [4.78, 5) is 37.8. The molecule has 0 spiro atoms. The molecule has 0 aromatic heterocycles. The van der Waals surface area contributed by atoms with Crippen molar-refractivity contribution in [2.24, 2.45) is 0 Å². The minimum atomic E-state index is -1.35. The standard InChI is InChI=1S/C18H14ClF2N3O3/c1-18(10-2-4-11(19)5-3-10)16(26)24(17(27)23-18)9-15(25)22-14-7-12(20)6-13(21)8-14/h2-8H,9H2,1H3,(H,22,25)(H,23,27). The highest BCUT2D eigenvalue weighted by molar-refractivity contribution is 6.30. The predicted molar refractivity (Wildman–Crippen MR) is 94.0 cm³/mol. The van der Waals surface area contributed by atoms with Crippen molar-refractivity contribution in [1.29, 1.82) is 0 Å². The largest absolute Gasteiger partial charge is 0.325 e. The number of nitrogens with zero attached hydrogens (tertiary/aromatic N) is 1. The molecule has 0 aliphatic carbocycles. The molecule has 6 nitrogen and oxygen atoms in total. The van der Waals surface area contributed by atoms with Crippen molar-refractivity contribution in [1.82, 2.24) is 10.2 Å². The Hall–Kier alpha value is -3.00. The number of carbonyl (C=O) groups excluding carboxylic acids is 3. The van der Waals surface area contributed by atoms with E-state index in [-0.39, 0.29) is 5.69 Å². The molecule has 2 aromatic carbocycles. The Morgan fingerprint density at radius 3 is 2.33 bits per heavy atom. The molecule has 1 heterocycles. The molecule has 1 saturated heterocycles. The molecule has 9 heteroatoms. The smallest absolute Gasteiger partial charge is 0.324 e. The van der Waals surface area contributed by atoms with Gasteiger partial charge in [-0.2, -0.15) is 0 Å². The van der Waals surface area contributed by atoms with E-state index < -0.39 is 41.6 Å². The van der Waals surface area contributed by atoms with Gasteiger partial charge in [-0.05, 0) is 36.8 Å². The number of benzene rings is 2. The Kier molecular flexibility index (Phi) is 4.84. The minimum absolute atomic E-state index is 0.120. The average Bonchev–Trinajstić information content (AvgIpc) is 2.78. The van der Waals surface area contributed by atoms with Crippen molar-refractivity contribution in [3.8, 4) is 0 Å². The van der Waals surface area contributed by atoms with Gasteiger partial charge in [0.15, 0.2) is 0 Å². The predicted octanol–water partition coefficient (Wildman–Crippen LogP) is 3.02. The molecule has 1 unspecified atom stereocenters. The van der Waals surface area contributed by atoms with E-state index in [1.165, 1.54) is 6.92 Å². The maximum atomic E-state index is 13.2. The van der Waals surface area contributed by atoms with Crippen LogP contribution in [0, 0.1) is 11.6 Å². The van der Waals surface area contributed by atoms with Gasteiger partial charge in [0.1, 0.15) is 23.7 Å². The van der Waals surface area contributed by atoms with Gasteiger partial charge in [-0.1, -0.05) is 23.7 Å².